The maximum atomic E-state index is 12.4. The molecule has 8 nitrogen and oxygen atoms in total. The monoisotopic (exact) mass is 375 g/mol. The molecule has 26 heavy (non-hydrogen) atoms. The first kappa shape index (κ1) is 18.2. The number of nitrogens with zero attached hydrogens (tertiary/aromatic N) is 4. The van der Waals surface area contributed by atoms with Gasteiger partial charge in [-0.1, -0.05) is 23.2 Å². The van der Waals surface area contributed by atoms with Crippen molar-refractivity contribution >= 4 is 17.5 Å². The molecule has 0 bridgehead atoms. The number of nitrogens with one attached hydrogen (secondary N) is 1. The summed E-state index contributed by atoms with van der Waals surface area (Å²) in [7, 11) is 1.58. The van der Waals surface area contributed by atoms with Crippen molar-refractivity contribution in [2.75, 3.05) is 20.3 Å². The summed E-state index contributed by atoms with van der Waals surface area (Å²) in [6, 6.07) is 5.17. The predicted octanol–water partition coefficient (Wildman–Crippen LogP) is 2.00. The Morgan fingerprint density at radius 3 is 3.08 bits per heavy atom. The number of halogens is 1. The Bertz CT molecular complexity index is 847. The van der Waals surface area contributed by atoms with Crippen LogP contribution in [0.4, 0.5) is 0 Å². The van der Waals surface area contributed by atoms with Crippen molar-refractivity contribution in [3.8, 4) is 17.6 Å². The molecule has 1 aromatic heterocycles. The molecule has 0 saturated carbocycles. The minimum Gasteiger partial charge on any atom is -0.412 e. The number of nitriles is 1. The zero-order valence-corrected chi connectivity index (χ0v) is 15.2. The highest BCUT2D eigenvalue weighted by molar-refractivity contribution is 6.33. The van der Waals surface area contributed by atoms with Crippen molar-refractivity contribution in [1.29, 1.82) is 5.26 Å². The quantitative estimate of drug-likeness (QED) is 0.797. The summed E-state index contributed by atoms with van der Waals surface area (Å²) in [5.74, 6) is -0.434. The van der Waals surface area contributed by atoms with Gasteiger partial charge < -0.3 is 19.4 Å². The third-order valence-corrected chi connectivity index (χ3v) is 4.54. The molecule has 1 fully saturated rings. The predicted molar refractivity (Wildman–Crippen MR) is 93.3 cm³/mol. The Balaban J connectivity index is 1.69. The Kier molecular flexibility index (Phi) is 5.40. The Morgan fingerprint density at radius 1 is 1.54 bits per heavy atom. The van der Waals surface area contributed by atoms with Gasteiger partial charge in [-0.05, 0) is 25.5 Å². The molecule has 0 unspecified atom stereocenters. The highest BCUT2D eigenvalue weighted by atomic mass is 35.5. The molecule has 1 saturated heterocycles. The molecule has 1 aliphatic rings. The molecule has 1 amide bonds. The second-order valence-electron chi connectivity index (χ2n) is 6.16. The Hall–Kier alpha value is -2.63. The summed E-state index contributed by atoms with van der Waals surface area (Å²) in [6.07, 6.45) is 2.72. The van der Waals surface area contributed by atoms with E-state index in [-0.39, 0.29) is 23.9 Å². The zero-order chi connectivity index (χ0) is 18.7. The maximum absolute atomic E-state index is 12.4. The van der Waals surface area contributed by atoms with E-state index >= 15 is 0 Å². The fourth-order valence-corrected chi connectivity index (χ4v) is 3.17. The minimum absolute atomic E-state index is 0.0559. The first-order valence-electron chi connectivity index (χ1n) is 8.08. The Labute approximate surface area is 155 Å². The molecule has 1 aliphatic heterocycles. The van der Waals surface area contributed by atoms with Gasteiger partial charge in [0, 0.05) is 19.7 Å². The van der Waals surface area contributed by atoms with Crippen LogP contribution in [0.25, 0.3) is 11.5 Å². The number of rotatable bonds is 5. The molecule has 2 aromatic rings. The second-order valence-corrected chi connectivity index (χ2v) is 6.57. The minimum atomic E-state index is -0.478. The summed E-state index contributed by atoms with van der Waals surface area (Å²) >= 11 is 6.16. The number of methoxy groups -OCH3 is 1. The molecule has 0 radical (unpaired) electrons. The lowest BCUT2D eigenvalue weighted by Crippen LogP contribution is -2.36. The van der Waals surface area contributed by atoms with Crippen LogP contribution in [0.3, 0.4) is 0 Å². The van der Waals surface area contributed by atoms with Crippen LogP contribution in [0.5, 0.6) is 0 Å². The third-order valence-electron chi connectivity index (χ3n) is 4.21. The lowest BCUT2D eigenvalue weighted by Gasteiger charge is -2.15. The van der Waals surface area contributed by atoms with Crippen LogP contribution >= 0.6 is 11.6 Å². The normalized spacial score (nSPS) is 19.4. The maximum Gasteiger partial charge on any atom is 0.309 e. The number of hydrogen-bond donors (Lipinski definition) is 1. The van der Waals surface area contributed by atoms with Crippen molar-refractivity contribution < 1.29 is 13.9 Å². The Morgan fingerprint density at radius 2 is 2.35 bits per heavy atom. The van der Waals surface area contributed by atoms with Gasteiger partial charge in [0.1, 0.15) is 0 Å². The van der Waals surface area contributed by atoms with Gasteiger partial charge in [-0.15, -0.1) is 10.2 Å². The van der Waals surface area contributed by atoms with E-state index in [1.165, 1.54) is 0 Å². The number of carbonyl (C=O) groups is 1. The van der Waals surface area contributed by atoms with E-state index in [0.29, 0.717) is 30.2 Å². The van der Waals surface area contributed by atoms with Crippen LogP contribution in [-0.4, -0.2) is 53.3 Å². The van der Waals surface area contributed by atoms with Crippen molar-refractivity contribution in [1.82, 2.24) is 20.4 Å². The number of likely N-dealkylation sites (tertiary alicyclic amines) is 1. The molecule has 3 rings (SSSR count). The van der Waals surface area contributed by atoms with Crippen LogP contribution in [0.15, 0.2) is 22.6 Å². The van der Waals surface area contributed by atoms with Gasteiger partial charge in [0.15, 0.2) is 6.19 Å². The zero-order valence-electron chi connectivity index (χ0n) is 14.4. The van der Waals surface area contributed by atoms with Crippen LogP contribution in [0.1, 0.15) is 22.7 Å². The topological polar surface area (TPSA) is 104 Å². The van der Waals surface area contributed by atoms with Gasteiger partial charge in [0.2, 0.25) is 5.89 Å². The molecule has 9 heteroatoms. The molecular formula is C17H18ClN5O3. The number of amides is 1. The first-order valence-corrected chi connectivity index (χ1v) is 8.45. The van der Waals surface area contributed by atoms with E-state index in [2.05, 4.69) is 21.7 Å². The summed E-state index contributed by atoms with van der Waals surface area (Å²) in [6.45, 7) is 2.76. The molecule has 2 heterocycles. The lowest BCUT2D eigenvalue weighted by molar-refractivity contribution is 0.0904. The summed E-state index contributed by atoms with van der Waals surface area (Å²) in [5.41, 5.74) is 1.57. The average Bonchev–Trinajstić information content (AvgIpc) is 3.24. The van der Waals surface area contributed by atoms with Crippen molar-refractivity contribution in [3.05, 3.63) is 34.7 Å². The smallest absolute Gasteiger partial charge is 0.309 e. The van der Waals surface area contributed by atoms with Gasteiger partial charge in [0.05, 0.1) is 23.2 Å². The van der Waals surface area contributed by atoms with Crippen molar-refractivity contribution in [2.24, 2.45) is 0 Å². The number of benzene rings is 1. The summed E-state index contributed by atoms with van der Waals surface area (Å²) in [5, 5.41) is 20.2. The summed E-state index contributed by atoms with van der Waals surface area (Å²) < 4.78 is 10.6. The number of ether oxygens (including phenoxy) is 1. The number of hydrogen-bond acceptors (Lipinski definition) is 7. The molecule has 0 aliphatic carbocycles. The molecular weight excluding hydrogens is 358 g/mol. The SMILES string of the molecule is COC[C@H]1C[C@@H](NC(=O)c2nnc(-c3cc(C)ccc3Cl)o2)CN1C#N. The van der Waals surface area contributed by atoms with Gasteiger partial charge in [-0.25, -0.2) is 0 Å². The van der Waals surface area contributed by atoms with Gasteiger partial charge in [-0.3, -0.25) is 4.79 Å². The van der Waals surface area contributed by atoms with Crippen molar-refractivity contribution in [3.63, 3.8) is 0 Å². The van der Waals surface area contributed by atoms with E-state index < -0.39 is 5.91 Å². The largest absolute Gasteiger partial charge is 0.412 e. The number of aromatic nitrogens is 2. The van der Waals surface area contributed by atoms with Crippen LogP contribution in [0.2, 0.25) is 5.02 Å². The third kappa shape index (κ3) is 3.79. The van der Waals surface area contributed by atoms with Crippen LogP contribution in [0, 0.1) is 18.4 Å². The molecule has 0 spiro atoms. The highest BCUT2D eigenvalue weighted by Crippen LogP contribution is 2.27. The van der Waals surface area contributed by atoms with E-state index in [0.717, 1.165) is 5.56 Å². The van der Waals surface area contributed by atoms with Crippen molar-refractivity contribution in [2.45, 2.75) is 25.4 Å². The molecule has 2 atom stereocenters. The van der Waals surface area contributed by atoms with Gasteiger partial charge in [0.25, 0.3) is 0 Å². The van der Waals surface area contributed by atoms with E-state index in [9.17, 15) is 4.79 Å². The van der Waals surface area contributed by atoms with Crippen LogP contribution < -0.4 is 5.32 Å². The molecule has 136 valence electrons. The van der Waals surface area contributed by atoms with Gasteiger partial charge in [-0.2, -0.15) is 5.26 Å². The van der Waals surface area contributed by atoms with E-state index in [1.54, 1.807) is 18.1 Å². The average molecular weight is 376 g/mol. The number of aryl methyl sites for hydroxylation is 1. The van der Waals surface area contributed by atoms with E-state index in [1.807, 2.05) is 19.1 Å². The number of carbonyl (C=O) groups excluding carboxylic acids is 1. The first-order chi connectivity index (χ1) is 12.5. The molecule has 1 aromatic carbocycles. The lowest BCUT2D eigenvalue weighted by atomic mass is 10.1. The fourth-order valence-electron chi connectivity index (χ4n) is 2.97. The summed E-state index contributed by atoms with van der Waals surface area (Å²) in [4.78, 5) is 14.0. The van der Waals surface area contributed by atoms with E-state index in [4.69, 9.17) is 26.0 Å². The highest BCUT2D eigenvalue weighted by Gasteiger charge is 2.33. The molecule has 1 N–H and O–H groups in total. The van der Waals surface area contributed by atoms with Crippen LogP contribution in [-0.2, 0) is 4.74 Å². The fraction of sp³-hybridized carbons (Fsp3) is 0.412. The van der Waals surface area contributed by atoms with Gasteiger partial charge >= 0.3 is 11.8 Å². The standard InChI is InChI=1S/C17H18ClN5O3/c1-10-3-4-14(18)13(5-10)16-21-22-17(26-16)15(24)20-11-6-12(8-25-2)23(7-11)9-19/h3-5,11-12H,6-8H2,1-2H3,(H,20,24)/t11-,12-/m1/s1. The second kappa shape index (κ2) is 7.72.